The maximum atomic E-state index is 5.70. The minimum atomic E-state index is 0.772. The maximum absolute atomic E-state index is 5.70. The summed E-state index contributed by atoms with van der Waals surface area (Å²) in [5.41, 5.74) is 8.41. The maximum Gasteiger partial charge on any atom is 0.204 e. The Balaban J connectivity index is 2.61. The van der Waals surface area contributed by atoms with Gasteiger partial charge in [0.2, 0.25) is 5.71 Å². The SMILES string of the molecule is Nc1ccc2cc3occn3c2c1. The van der Waals surface area contributed by atoms with Crippen LogP contribution in [0.5, 0.6) is 0 Å². The third-order valence-electron chi connectivity index (χ3n) is 2.23. The first kappa shape index (κ1) is 6.60. The number of nitrogens with two attached hydrogens (primary N) is 1. The lowest BCUT2D eigenvalue weighted by Gasteiger charge is -1.93. The Kier molecular flexibility index (Phi) is 1.05. The first-order valence-corrected chi connectivity index (χ1v) is 4.08. The molecule has 13 heavy (non-hydrogen) atoms. The molecule has 3 aromatic rings. The fourth-order valence-electron chi connectivity index (χ4n) is 1.62. The lowest BCUT2D eigenvalue weighted by Crippen LogP contribution is -1.84. The molecule has 2 aromatic heterocycles. The molecule has 0 aliphatic heterocycles. The summed E-state index contributed by atoms with van der Waals surface area (Å²) in [5, 5.41) is 1.15. The van der Waals surface area contributed by atoms with Crippen molar-refractivity contribution in [3.63, 3.8) is 0 Å². The van der Waals surface area contributed by atoms with Crippen LogP contribution in [-0.2, 0) is 0 Å². The molecule has 1 aromatic carbocycles. The molecule has 3 nitrogen and oxygen atoms in total. The fraction of sp³-hybridized carbons (Fsp3) is 0. The van der Waals surface area contributed by atoms with E-state index in [9.17, 15) is 0 Å². The Hall–Kier alpha value is -1.90. The standard InChI is InChI=1S/C10H8N2O/c11-8-2-1-7-5-10-12(3-4-13-10)9(7)6-8/h1-6H,11H2. The Bertz CT molecular complexity index is 577. The minimum Gasteiger partial charge on any atom is -0.447 e. The van der Waals surface area contributed by atoms with Crippen LogP contribution in [0.2, 0.25) is 0 Å². The summed E-state index contributed by atoms with van der Waals surface area (Å²) in [6, 6.07) is 7.82. The average molecular weight is 172 g/mol. The highest BCUT2D eigenvalue weighted by Gasteiger charge is 2.03. The molecule has 3 rings (SSSR count). The van der Waals surface area contributed by atoms with Gasteiger partial charge in [-0.2, -0.15) is 0 Å². The number of nitrogen functional groups attached to an aromatic ring is 1. The molecule has 0 amide bonds. The van der Waals surface area contributed by atoms with Crippen LogP contribution in [0.25, 0.3) is 16.6 Å². The number of fused-ring (bicyclic) bond motifs is 3. The number of hydrogen-bond acceptors (Lipinski definition) is 2. The van der Waals surface area contributed by atoms with Crippen LogP contribution in [0.15, 0.2) is 41.1 Å². The highest BCUT2D eigenvalue weighted by Crippen LogP contribution is 2.22. The van der Waals surface area contributed by atoms with Crippen LogP contribution in [0.1, 0.15) is 0 Å². The van der Waals surface area contributed by atoms with Gasteiger partial charge in [-0.3, -0.25) is 4.40 Å². The second-order valence-electron chi connectivity index (χ2n) is 3.07. The third kappa shape index (κ3) is 0.783. The van der Waals surface area contributed by atoms with Gasteiger partial charge in [-0.15, -0.1) is 0 Å². The average Bonchev–Trinajstić information content (AvgIpc) is 2.64. The topological polar surface area (TPSA) is 43.6 Å². The lowest BCUT2D eigenvalue weighted by molar-refractivity contribution is 0.609. The first-order valence-electron chi connectivity index (χ1n) is 4.08. The zero-order chi connectivity index (χ0) is 8.84. The van der Waals surface area contributed by atoms with E-state index in [2.05, 4.69) is 0 Å². The summed E-state index contributed by atoms with van der Waals surface area (Å²) >= 11 is 0. The number of benzene rings is 1. The summed E-state index contributed by atoms with van der Waals surface area (Å²) in [5.74, 6) is 0. The molecule has 64 valence electrons. The lowest BCUT2D eigenvalue weighted by atomic mass is 10.2. The van der Waals surface area contributed by atoms with Gasteiger partial charge in [0.1, 0.15) is 6.26 Å². The second kappa shape index (κ2) is 2.07. The number of oxazole rings is 1. The van der Waals surface area contributed by atoms with Gasteiger partial charge in [-0.25, -0.2) is 0 Å². The highest BCUT2D eigenvalue weighted by molar-refractivity contribution is 5.87. The van der Waals surface area contributed by atoms with Gasteiger partial charge in [-0.05, 0) is 12.1 Å². The van der Waals surface area contributed by atoms with Gasteiger partial charge < -0.3 is 10.2 Å². The molecule has 0 radical (unpaired) electrons. The van der Waals surface area contributed by atoms with Crippen molar-refractivity contribution in [1.82, 2.24) is 4.40 Å². The van der Waals surface area contributed by atoms with E-state index in [0.717, 1.165) is 22.3 Å². The van der Waals surface area contributed by atoms with Gasteiger partial charge >= 0.3 is 0 Å². The number of nitrogens with zero attached hydrogens (tertiary/aromatic N) is 1. The van der Waals surface area contributed by atoms with Crippen molar-refractivity contribution in [3.05, 3.63) is 36.7 Å². The van der Waals surface area contributed by atoms with Gasteiger partial charge in [0.05, 0.1) is 5.52 Å². The highest BCUT2D eigenvalue weighted by atomic mass is 16.3. The molecule has 0 saturated carbocycles. The van der Waals surface area contributed by atoms with Gasteiger partial charge in [0, 0.05) is 23.3 Å². The summed E-state index contributed by atoms with van der Waals surface area (Å²) in [7, 11) is 0. The molecule has 0 spiro atoms. The predicted molar refractivity (Wildman–Crippen MR) is 51.6 cm³/mol. The van der Waals surface area contributed by atoms with Gasteiger partial charge in [0.25, 0.3) is 0 Å². The summed E-state index contributed by atoms with van der Waals surface area (Å²) in [6.07, 6.45) is 3.55. The monoisotopic (exact) mass is 172 g/mol. The predicted octanol–water partition coefficient (Wildman–Crippen LogP) is 2.27. The van der Waals surface area contributed by atoms with Crippen molar-refractivity contribution in [2.75, 3.05) is 5.73 Å². The molecule has 3 heteroatoms. The summed E-state index contributed by atoms with van der Waals surface area (Å²) in [6.45, 7) is 0. The van der Waals surface area contributed by atoms with Crippen LogP contribution in [-0.4, -0.2) is 4.40 Å². The first-order chi connectivity index (χ1) is 6.34. The minimum absolute atomic E-state index is 0.772. The van der Waals surface area contributed by atoms with Gasteiger partial charge in [-0.1, -0.05) is 6.07 Å². The molecule has 0 atom stereocenters. The molecule has 2 heterocycles. The number of aromatic nitrogens is 1. The molecule has 0 fully saturated rings. The Morgan fingerprint density at radius 2 is 2.15 bits per heavy atom. The molecule has 2 N–H and O–H groups in total. The van der Waals surface area contributed by atoms with Crippen LogP contribution < -0.4 is 5.73 Å². The molecular formula is C10H8N2O. The van der Waals surface area contributed by atoms with E-state index in [1.165, 1.54) is 0 Å². The van der Waals surface area contributed by atoms with Crippen LogP contribution in [0.3, 0.4) is 0 Å². The number of rotatable bonds is 0. The van der Waals surface area contributed by atoms with E-state index >= 15 is 0 Å². The van der Waals surface area contributed by atoms with Crippen molar-refractivity contribution in [2.45, 2.75) is 0 Å². The van der Waals surface area contributed by atoms with Crippen molar-refractivity contribution >= 4 is 22.3 Å². The number of hydrogen-bond donors (Lipinski definition) is 1. The van der Waals surface area contributed by atoms with E-state index in [1.54, 1.807) is 6.26 Å². The molecule has 0 aliphatic carbocycles. The summed E-state index contributed by atoms with van der Waals surface area (Å²) < 4.78 is 7.24. The molecular weight excluding hydrogens is 164 g/mol. The van der Waals surface area contributed by atoms with E-state index < -0.39 is 0 Å². The van der Waals surface area contributed by atoms with Crippen LogP contribution >= 0.6 is 0 Å². The largest absolute Gasteiger partial charge is 0.447 e. The Morgan fingerprint density at radius 1 is 1.23 bits per heavy atom. The molecule has 0 unspecified atom stereocenters. The Morgan fingerprint density at radius 3 is 3.08 bits per heavy atom. The zero-order valence-corrected chi connectivity index (χ0v) is 6.90. The normalized spacial score (nSPS) is 11.4. The van der Waals surface area contributed by atoms with Crippen LogP contribution in [0.4, 0.5) is 5.69 Å². The quantitative estimate of drug-likeness (QED) is 0.528. The fourth-order valence-corrected chi connectivity index (χ4v) is 1.62. The Labute approximate surface area is 74.4 Å². The van der Waals surface area contributed by atoms with Crippen molar-refractivity contribution in [1.29, 1.82) is 0 Å². The van der Waals surface area contributed by atoms with Crippen molar-refractivity contribution < 1.29 is 4.42 Å². The van der Waals surface area contributed by atoms with Crippen LogP contribution in [0, 0.1) is 0 Å². The molecule has 0 aliphatic rings. The van der Waals surface area contributed by atoms with Gasteiger partial charge in [0.15, 0.2) is 0 Å². The van der Waals surface area contributed by atoms with E-state index in [4.69, 9.17) is 10.2 Å². The number of anilines is 1. The third-order valence-corrected chi connectivity index (χ3v) is 2.23. The van der Waals surface area contributed by atoms with E-state index in [0.29, 0.717) is 0 Å². The smallest absolute Gasteiger partial charge is 0.204 e. The van der Waals surface area contributed by atoms with Crippen molar-refractivity contribution in [2.24, 2.45) is 0 Å². The zero-order valence-electron chi connectivity index (χ0n) is 6.90. The van der Waals surface area contributed by atoms with E-state index in [1.807, 2.05) is 34.9 Å². The summed E-state index contributed by atoms with van der Waals surface area (Å²) in [4.78, 5) is 0. The molecule has 0 saturated heterocycles. The second-order valence-corrected chi connectivity index (χ2v) is 3.07. The van der Waals surface area contributed by atoms with Crippen molar-refractivity contribution in [3.8, 4) is 0 Å². The molecule has 0 bridgehead atoms. The van der Waals surface area contributed by atoms with E-state index in [-0.39, 0.29) is 0 Å².